The van der Waals surface area contributed by atoms with E-state index in [-0.39, 0.29) is 17.5 Å². The predicted octanol–water partition coefficient (Wildman–Crippen LogP) is 3.18. The van der Waals surface area contributed by atoms with E-state index in [4.69, 9.17) is 0 Å². The molecule has 3 N–H and O–H groups in total. The maximum Gasteiger partial charge on any atom is 0.119 e. The molecule has 0 amide bonds. The van der Waals surface area contributed by atoms with E-state index in [2.05, 4.69) is 19.2 Å². The van der Waals surface area contributed by atoms with E-state index in [1.54, 1.807) is 12.1 Å². The molecule has 0 heterocycles. The van der Waals surface area contributed by atoms with Crippen LogP contribution in [0.15, 0.2) is 18.2 Å². The average Bonchev–Trinajstić information content (AvgIpc) is 2.28. The van der Waals surface area contributed by atoms with E-state index in [0.717, 1.165) is 12.1 Å². The lowest BCUT2D eigenvalue weighted by atomic mass is 10.0. The van der Waals surface area contributed by atoms with Gasteiger partial charge in [-0.25, -0.2) is 0 Å². The third-order valence-electron chi connectivity index (χ3n) is 3.29. The topological polar surface area (TPSA) is 52.5 Å². The lowest BCUT2D eigenvalue weighted by Gasteiger charge is -2.19. The summed E-state index contributed by atoms with van der Waals surface area (Å²) in [5, 5.41) is 22.3. The van der Waals surface area contributed by atoms with Gasteiger partial charge in [0, 0.05) is 12.1 Å². The van der Waals surface area contributed by atoms with Crippen molar-refractivity contribution in [1.82, 2.24) is 5.32 Å². The van der Waals surface area contributed by atoms with Gasteiger partial charge in [-0.3, -0.25) is 0 Å². The summed E-state index contributed by atoms with van der Waals surface area (Å²) < 4.78 is 0. The van der Waals surface area contributed by atoms with Gasteiger partial charge in [0.1, 0.15) is 11.5 Å². The molecule has 0 radical (unpaired) electrons. The van der Waals surface area contributed by atoms with Gasteiger partial charge in [0.15, 0.2) is 0 Å². The van der Waals surface area contributed by atoms with E-state index < -0.39 is 0 Å². The minimum Gasteiger partial charge on any atom is -0.508 e. The fourth-order valence-corrected chi connectivity index (χ4v) is 1.91. The molecule has 0 aromatic heterocycles. The van der Waals surface area contributed by atoms with Gasteiger partial charge in [-0.2, -0.15) is 0 Å². The number of rotatable bonds is 6. The second-order valence-corrected chi connectivity index (χ2v) is 4.60. The Morgan fingerprint density at radius 2 is 1.59 bits per heavy atom. The van der Waals surface area contributed by atoms with Crippen LogP contribution < -0.4 is 5.32 Å². The second-order valence-electron chi connectivity index (χ2n) is 4.60. The Hall–Kier alpha value is -1.22. The van der Waals surface area contributed by atoms with Gasteiger partial charge in [-0.15, -0.1) is 0 Å². The van der Waals surface area contributed by atoms with Crippen LogP contribution in [0.3, 0.4) is 0 Å². The molecule has 0 saturated carbocycles. The fraction of sp³-hybridized carbons (Fsp3) is 0.571. The number of nitrogens with one attached hydrogen (secondary N) is 1. The standard InChI is InChI=1S/C14H23NO2/c1-4-11(5-2)9-15-10(3)12-6-13(16)8-14(17)7-12/h6-8,10-11,15-17H,4-5,9H2,1-3H3. The zero-order valence-electron chi connectivity index (χ0n) is 10.9. The van der Waals surface area contributed by atoms with Gasteiger partial charge in [0.05, 0.1) is 0 Å². The zero-order chi connectivity index (χ0) is 12.8. The number of phenolic OH excluding ortho intramolecular Hbond substituents is 2. The largest absolute Gasteiger partial charge is 0.508 e. The van der Waals surface area contributed by atoms with Gasteiger partial charge in [-0.05, 0) is 37.1 Å². The summed E-state index contributed by atoms with van der Waals surface area (Å²) >= 11 is 0. The molecule has 0 spiro atoms. The Kier molecular flexibility index (Phi) is 5.29. The summed E-state index contributed by atoms with van der Waals surface area (Å²) in [6.45, 7) is 7.39. The normalized spacial score (nSPS) is 12.9. The van der Waals surface area contributed by atoms with Crippen LogP contribution in [0.5, 0.6) is 11.5 Å². The lowest BCUT2D eigenvalue weighted by molar-refractivity contribution is 0.417. The molecule has 3 heteroatoms. The van der Waals surface area contributed by atoms with Crippen molar-refractivity contribution in [3.05, 3.63) is 23.8 Å². The zero-order valence-corrected chi connectivity index (χ0v) is 10.9. The Morgan fingerprint density at radius 3 is 2.06 bits per heavy atom. The van der Waals surface area contributed by atoms with E-state index >= 15 is 0 Å². The molecule has 0 aliphatic carbocycles. The van der Waals surface area contributed by atoms with Crippen molar-refractivity contribution >= 4 is 0 Å². The Bertz CT molecular complexity index is 328. The van der Waals surface area contributed by atoms with Crippen molar-refractivity contribution in [3.8, 4) is 11.5 Å². The fourth-order valence-electron chi connectivity index (χ4n) is 1.91. The first kappa shape index (κ1) is 13.8. The maximum absolute atomic E-state index is 9.42. The third-order valence-corrected chi connectivity index (χ3v) is 3.29. The number of hydrogen-bond donors (Lipinski definition) is 3. The molecule has 1 aromatic rings. The Labute approximate surface area is 103 Å². The van der Waals surface area contributed by atoms with Crippen molar-refractivity contribution in [2.24, 2.45) is 5.92 Å². The van der Waals surface area contributed by atoms with Crippen molar-refractivity contribution in [1.29, 1.82) is 0 Å². The second kappa shape index (κ2) is 6.50. The number of benzene rings is 1. The SMILES string of the molecule is CCC(CC)CNC(C)c1cc(O)cc(O)c1. The van der Waals surface area contributed by atoms with Crippen LogP contribution in [-0.2, 0) is 0 Å². The third kappa shape index (κ3) is 4.27. The minimum atomic E-state index is 0.108. The smallest absolute Gasteiger partial charge is 0.119 e. The molecule has 0 fully saturated rings. The van der Waals surface area contributed by atoms with Gasteiger partial charge in [0.25, 0.3) is 0 Å². The van der Waals surface area contributed by atoms with Gasteiger partial charge < -0.3 is 15.5 Å². The molecule has 1 unspecified atom stereocenters. The summed E-state index contributed by atoms with van der Waals surface area (Å²) in [6.07, 6.45) is 2.34. The van der Waals surface area contributed by atoms with Crippen molar-refractivity contribution in [2.45, 2.75) is 39.7 Å². The first-order chi connectivity index (χ1) is 8.06. The van der Waals surface area contributed by atoms with E-state index in [1.165, 1.54) is 18.9 Å². The highest BCUT2D eigenvalue weighted by Crippen LogP contribution is 2.24. The molecular formula is C14H23NO2. The summed E-state index contributed by atoms with van der Waals surface area (Å²) in [7, 11) is 0. The van der Waals surface area contributed by atoms with Crippen LogP contribution in [0.1, 0.15) is 45.2 Å². The van der Waals surface area contributed by atoms with Gasteiger partial charge >= 0.3 is 0 Å². The average molecular weight is 237 g/mol. The summed E-state index contributed by atoms with van der Waals surface area (Å²) in [6, 6.07) is 4.85. The van der Waals surface area contributed by atoms with Gasteiger partial charge in [0.2, 0.25) is 0 Å². The van der Waals surface area contributed by atoms with Gasteiger partial charge in [-0.1, -0.05) is 26.7 Å². The predicted molar refractivity (Wildman–Crippen MR) is 70.3 cm³/mol. The molecule has 96 valence electrons. The van der Waals surface area contributed by atoms with Crippen LogP contribution in [0, 0.1) is 5.92 Å². The molecule has 0 bridgehead atoms. The lowest BCUT2D eigenvalue weighted by Crippen LogP contribution is -2.25. The van der Waals surface area contributed by atoms with E-state index in [9.17, 15) is 10.2 Å². The van der Waals surface area contributed by atoms with Crippen LogP contribution >= 0.6 is 0 Å². The number of phenols is 2. The van der Waals surface area contributed by atoms with Crippen molar-refractivity contribution < 1.29 is 10.2 Å². The van der Waals surface area contributed by atoms with Crippen molar-refractivity contribution in [2.75, 3.05) is 6.54 Å². The van der Waals surface area contributed by atoms with Crippen LogP contribution in [0.4, 0.5) is 0 Å². The van der Waals surface area contributed by atoms with Crippen molar-refractivity contribution in [3.63, 3.8) is 0 Å². The first-order valence-electron chi connectivity index (χ1n) is 6.33. The molecular weight excluding hydrogens is 214 g/mol. The molecule has 3 nitrogen and oxygen atoms in total. The van der Waals surface area contributed by atoms with Crippen LogP contribution in [-0.4, -0.2) is 16.8 Å². The van der Waals surface area contributed by atoms with Crippen LogP contribution in [0.25, 0.3) is 0 Å². The number of hydrogen-bond acceptors (Lipinski definition) is 3. The summed E-state index contributed by atoms with van der Waals surface area (Å²) in [5.41, 5.74) is 0.911. The summed E-state index contributed by atoms with van der Waals surface area (Å²) in [4.78, 5) is 0. The quantitative estimate of drug-likeness (QED) is 0.712. The molecule has 1 rings (SSSR count). The summed E-state index contributed by atoms with van der Waals surface area (Å²) in [5.74, 6) is 0.899. The molecule has 1 aromatic carbocycles. The molecule has 1 atom stereocenters. The minimum absolute atomic E-state index is 0.108. The first-order valence-corrected chi connectivity index (χ1v) is 6.33. The Balaban J connectivity index is 2.60. The monoisotopic (exact) mass is 237 g/mol. The highest BCUT2D eigenvalue weighted by atomic mass is 16.3. The van der Waals surface area contributed by atoms with E-state index in [0.29, 0.717) is 5.92 Å². The number of aromatic hydroxyl groups is 2. The molecule has 0 aliphatic rings. The molecule has 0 aliphatic heterocycles. The van der Waals surface area contributed by atoms with E-state index in [1.807, 2.05) is 6.92 Å². The highest BCUT2D eigenvalue weighted by molar-refractivity contribution is 5.37. The molecule has 17 heavy (non-hydrogen) atoms. The highest BCUT2D eigenvalue weighted by Gasteiger charge is 2.10. The Morgan fingerprint density at radius 1 is 1.06 bits per heavy atom. The maximum atomic E-state index is 9.42. The van der Waals surface area contributed by atoms with Crippen LogP contribution in [0.2, 0.25) is 0 Å². The molecule has 0 saturated heterocycles.